The van der Waals surface area contributed by atoms with Crippen LogP contribution in [0.15, 0.2) is 42.1 Å². The molecule has 174 valence electrons. The van der Waals surface area contributed by atoms with E-state index in [-0.39, 0.29) is 24.0 Å². The van der Waals surface area contributed by atoms with Gasteiger partial charge in [-0.2, -0.15) is 0 Å². The van der Waals surface area contributed by atoms with E-state index in [1.807, 2.05) is 50.8 Å². The summed E-state index contributed by atoms with van der Waals surface area (Å²) in [5.74, 6) is 0.236. The summed E-state index contributed by atoms with van der Waals surface area (Å²) in [5.41, 5.74) is 4.11. The molecule has 2 aromatic rings. The van der Waals surface area contributed by atoms with Gasteiger partial charge < -0.3 is 19.1 Å². The van der Waals surface area contributed by atoms with Gasteiger partial charge in [-0.3, -0.25) is 9.59 Å². The van der Waals surface area contributed by atoms with Crippen LogP contribution in [0, 0.1) is 13.8 Å². The lowest BCUT2D eigenvalue weighted by molar-refractivity contribution is -0.121. The maximum absolute atomic E-state index is 13.9. The molecule has 0 spiro atoms. The number of benzene rings is 2. The van der Waals surface area contributed by atoms with Gasteiger partial charge in [0.1, 0.15) is 17.2 Å². The summed E-state index contributed by atoms with van der Waals surface area (Å²) in [5, 5.41) is 0. The maximum atomic E-state index is 13.9. The lowest BCUT2D eigenvalue weighted by atomic mass is 9.99. The number of hydrogen-bond acceptors (Lipinski definition) is 6. The van der Waals surface area contributed by atoms with E-state index in [1.54, 1.807) is 25.3 Å². The highest BCUT2D eigenvalue weighted by Crippen LogP contribution is 2.40. The van der Waals surface area contributed by atoms with E-state index in [4.69, 9.17) is 14.2 Å². The quantitative estimate of drug-likeness (QED) is 0.647. The van der Waals surface area contributed by atoms with Crippen LogP contribution in [-0.2, 0) is 14.3 Å². The van der Waals surface area contributed by atoms with Gasteiger partial charge in [-0.05, 0) is 56.5 Å². The first-order chi connectivity index (χ1) is 15.7. The van der Waals surface area contributed by atoms with E-state index in [2.05, 4.69) is 0 Å². The van der Waals surface area contributed by atoms with Crippen molar-refractivity contribution in [1.29, 1.82) is 0 Å². The smallest absolute Gasteiger partial charge is 0.282 e. The van der Waals surface area contributed by atoms with Crippen molar-refractivity contribution in [3.05, 3.63) is 58.8 Å². The summed E-state index contributed by atoms with van der Waals surface area (Å²) in [6, 6.07) is 10.9. The topological polar surface area (TPSA) is 68.3 Å². The molecule has 2 aliphatic rings. The Morgan fingerprint density at radius 2 is 1.58 bits per heavy atom. The molecule has 2 aliphatic heterocycles. The summed E-state index contributed by atoms with van der Waals surface area (Å²) in [4.78, 5) is 30.9. The van der Waals surface area contributed by atoms with Crippen molar-refractivity contribution in [3.63, 3.8) is 0 Å². The third-order valence-electron chi connectivity index (χ3n) is 6.22. The van der Waals surface area contributed by atoms with E-state index >= 15 is 0 Å². The van der Waals surface area contributed by atoms with Crippen LogP contribution in [0.5, 0.6) is 11.5 Å². The van der Waals surface area contributed by atoms with Gasteiger partial charge in [-0.15, -0.1) is 0 Å². The number of anilines is 1. The largest absolute Gasteiger partial charge is 0.497 e. The van der Waals surface area contributed by atoms with Crippen molar-refractivity contribution in [1.82, 2.24) is 4.90 Å². The lowest BCUT2D eigenvalue weighted by Crippen LogP contribution is -2.47. The van der Waals surface area contributed by atoms with Crippen LogP contribution < -0.4 is 14.4 Å². The number of carbonyl (C=O) groups is 2. The van der Waals surface area contributed by atoms with Crippen molar-refractivity contribution in [2.45, 2.75) is 39.9 Å². The van der Waals surface area contributed by atoms with Crippen molar-refractivity contribution in [3.8, 4) is 11.5 Å². The molecule has 33 heavy (non-hydrogen) atoms. The second-order valence-electron chi connectivity index (χ2n) is 8.67. The van der Waals surface area contributed by atoms with Crippen molar-refractivity contribution in [2.75, 3.05) is 32.2 Å². The number of nitrogens with zero attached hydrogens (tertiary/aromatic N) is 2. The number of carbonyl (C=O) groups excluding carboxylic acids is 2. The zero-order valence-electron chi connectivity index (χ0n) is 20.0. The zero-order chi connectivity index (χ0) is 23.9. The first kappa shape index (κ1) is 22.9. The Morgan fingerprint density at radius 3 is 2.18 bits per heavy atom. The SMILES string of the molecule is COc1ccc(N2C(=O)C(c3ccc(C)c(C)c3)=C(N3CC(C)OC(C)C3)C2=O)c(OC)c1. The Hall–Kier alpha value is -3.32. The molecule has 0 bridgehead atoms. The minimum absolute atomic E-state index is 0.0604. The fourth-order valence-corrected chi connectivity index (χ4v) is 4.52. The van der Waals surface area contributed by atoms with Gasteiger partial charge in [0.2, 0.25) is 0 Å². The number of ether oxygens (including phenoxy) is 3. The molecule has 2 heterocycles. The van der Waals surface area contributed by atoms with Gasteiger partial charge in [-0.25, -0.2) is 4.90 Å². The van der Waals surface area contributed by atoms with E-state index < -0.39 is 0 Å². The summed E-state index contributed by atoms with van der Waals surface area (Å²) in [6.45, 7) is 9.04. The molecule has 2 atom stereocenters. The van der Waals surface area contributed by atoms with Gasteiger partial charge in [0.15, 0.2) is 0 Å². The zero-order valence-corrected chi connectivity index (χ0v) is 20.0. The van der Waals surface area contributed by atoms with Crippen LogP contribution in [0.1, 0.15) is 30.5 Å². The molecular formula is C26H30N2O5. The molecule has 2 unspecified atom stereocenters. The highest BCUT2D eigenvalue weighted by molar-refractivity contribution is 6.45. The van der Waals surface area contributed by atoms with Gasteiger partial charge in [0, 0.05) is 19.2 Å². The Morgan fingerprint density at radius 1 is 0.879 bits per heavy atom. The number of morpholine rings is 1. The molecular weight excluding hydrogens is 420 g/mol. The van der Waals surface area contributed by atoms with Crippen LogP contribution >= 0.6 is 0 Å². The van der Waals surface area contributed by atoms with Crippen LogP contribution in [-0.4, -0.2) is 56.2 Å². The molecule has 0 radical (unpaired) electrons. The molecule has 2 aromatic carbocycles. The second kappa shape index (κ2) is 8.90. The predicted octanol–water partition coefficient (Wildman–Crippen LogP) is 3.71. The van der Waals surface area contributed by atoms with Crippen LogP contribution in [0.2, 0.25) is 0 Å². The van der Waals surface area contributed by atoms with Crippen LogP contribution in [0.3, 0.4) is 0 Å². The minimum Gasteiger partial charge on any atom is -0.497 e. The first-order valence-corrected chi connectivity index (χ1v) is 11.1. The lowest BCUT2D eigenvalue weighted by Gasteiger charge is -2.37. The molecule has 7 heteroatoms. The third-order valence-corrected chi connectivity index (χ3v) is 6.22. The normalized spacial score (nSPS) is 21.2. The second-order valence-corrected chi connectivity index (χ2v) is 8.67. The fourth-order valence-electron chi connectivity index (χ4n) is 4.52. The number of rotatable bonds is 5. The summed E-state index contributed by atoms with van der Waals surface area (Å²) in [6.07, 6.45) is -0.121. The fraction of sp³-hybridized carbons (Fsp3) is 0.385. The number of amides is 2. The van der Waals surface area contributed by atoms with Crippen molar-refractivity contribution < 1.29 is 23.8 Å². The number of aryl methyl sites for hydroxylation is 2. The Labute approximate surface area is 194 Å². The Balaban J connectivity index is 1.87. The molecule has 4 rings (SSSR count). The van der Waals surface area contributed by atoms with E-state index in [1.165, 1.54) is 12.0 Å². The number of imide groups is 1. The molecule has 1 fully saturated rings. The van der Waals surface area contributed by atoms with Crippen molar-refractivity contribution >= 4 is 23.1 Å². The summed E-state index contributed by atoms with van der Waals surface area (Å²) < 4.78 is 16.7. The van der Waals surface area contributed by atoms with E-state index in [0.29, 0.717) is 41.5 Å². The molecule has 1 saturated heterocycles. The highest BCUT2D eigenvalue weighted by atomic mass is 16.5. The van der Waals surface area contributed by atoms with Gasteiger partial charge in [-0.1, -0.05) is 18.2 Å². The molecule has 0 aliphatic carbocycles. The monoisotopic (exact) mass is 450 g/mol. The summed E-state index contributed by atoms with van der Waals surface area (Å²) >= 11 is 0. The standard InChI is InChI=1S/C26H30N2O5/c1-15-7-8-19(11-16(15)2)23-24(27-13-17(3)33-18(4)14-27)26(30)28(25(23)29)21-10-9-20(31-5)12-22(21)32-6/h7-12,17-18H,13-14H2,1-6H3. The third kappa shape index (κ3) is 4.09. The summed E-state index contributed by atoms with van der Waals surface area (Å²) in [7, 11) is 3.06. The molecule has 2 amide bonds. The van der Waals surface area contributed by atoms with E-state index in [0.717, 1.165) is 16.7 Å². The predicted molar refractivity (Wildman–Crippen MR) is 126 cm³/mol. The average Bonchev–Trinajstić information content (AvgIpc) is 3.04. The number of hydrogen-bond donors (Lipinski definition) is 0. The van der Waals surface area contributed by atoms with Crippen molar-refractivity contribution in [2.24, 2.45) is 0 Å². The molecule has 0 aromatic heterocycles. The highest BCUT2D eigenvalue weighted by Gasteiger charge is 2.44. The minimum atomic E-state index is -0.367. The first-order valence-electron chi connectivity index (χ1n) is 11.1. The van der Waals surface area contributed by atoms with Gasteiger partial charge in [0.25, 0.3) is 11.8 Å². The molecule has 0 saturated carbocycles. The van der Waals surface area contributed by atoms with Crippen LogP contribution in [0.25, 0.3) is 5.57 Å². The van der Waals surface area contributed by atoms with Gasteiger partial charge >= 0.3 is 0 Å². The molecule has 0 N–H and O–H groups in total. The van der Waals surface area contributed by atoms with Crippen LogP contribution in [0.4, 0.5) is 5.69 Å². The van der Waals surface area contributed by atoms with E-state index in [9.17, 15) is 9.59 Å². The molecule has 7 nitrogen and oxygen atoms in total. The average molecular weight is 451 g/mol. The Kier molecular flexibility index (Phi) is 6.17. The van der Waals surface area contributed by atoms with Gasteiger partial charge in [0.05, 0.1) is 37.7 Å². The Bertz CT molecular complexity index is 1130. The maximum Gasteiger partial charge on any atom is 0.282 e. The number of methoxy groups -OCH3 is 2.